The molecule has 0 spiro atoms. The number of hydrogen-bond acceptors (Lipinski definition) is 3. The normalized spacial score (nSPS) is 12.2. The summed E-state index contributed by atoms with van der Waals surface area (Å²) in [7, 11) is 0. The van der Waals surface area contributed by atoms with Crippen LogP contribution in [0, 0.1) is 6.92 Å². The van der Waals surface area contributed by atoms with Gasteiger partial charge in [0.05, 0.1) is 11.7 Å². The van der Waals surface area contributed by atoms with Crippen molar-refractivity contribution in [2.45, 2.75) is 31.2 Å². The van der Waals surface area contributed by atoms with E-state index in [1.54, 1.807) is 11.8 Å². The highest BCUT2D eigenvalue weighted by Crippen LogP contribution is 2.19. The number of amides is 1. The fourth-order valence-corrected chi connectivity index (χ4v) is 2.41. The lowest BCUT2D eigenvalue weighted by Gasteiger charge is -2.12. The molecule has 2 rings (SSSR count). The van der Waals surface area contributed by atoms with Crippen LogP contribution < -0.4 is 5.32 Å². The summed E-state index contributed by atoms with van der Waals surface area (Å²) in [4.78, 5) is 13.2. The molecule has 106 valence electrons. The molecule has 4 nitrogen and oxygen atoms in total. The number of thioether (sulfide) groups is 1. The van der Waals surface area contributed by atoms with Crippen molar-refractivity contribution in [3.8, 4) is 0 Å². The Morgan fingerprint density at radius 3 is 2.90 bits per heavy atom. The molecule has 0 aliphatic heterocycles. The molecule has 0 radical (unpaired) electrons. The predicted molar refractivity (Wildman–Crippen MR) is 83.1 cm³/mol. The van der Waals surface area contributed by atoms with Crippen LogP contribution in [0.15, 0.2) is 41.4 Å². The average molecular weight is 289 g/mol. The summed E-state index contributed by atoms with van der Waals surface area (Å²) in [6.45, 7) is 3.93. The Morgan fingerprint density at radius 1 is 1.45 bits per heavy atom. The number of aryl methyl sites for hydroxylation is 1. The van der Waals surface area contributed by atoms with E-state index in [2.05, 4.69) is 10.4 Å². The lowest BCUT2D eigenvalue weighted by molar-refractivity contribution is -0.116. The SMILES string of the molecule is CSc1cccc(NC(=O)C[C@@H](C)n2ccc(C)n2)c1. The average Bonchev–Trinajstić information content (AvgIpc) is 2.85. The van der Waals surface area contributed by atoms with Crippen molar-refractivity contribution >= 4 is 23.4 Å². The van der Waals surface area contributed by atoms with Crippen LogP contribution in [-0.4, -0.2) is 21.9 Å². The number of nitrogens with zero attached hydrogens (tertiary/aromatic N) is 2. The highest BCUT2D eigenvalue weighted by atomic mass is 32.2. The van der Waals surface area contributed by atoms with E-state index in [-0.39, 0.29) is 11.9 Å². The minimum absolute atomic E-state index is 0.00362. The predicted octanol–water partition coefficient (Wildman–Crippen LogP) is 3.50. The number of carbonyl (C=O) groups is 1. The topological polar surface area (TPSA) is 46.9 Å². The fraction of sp³-hybridized carbons (Fsp3) is 0.333. The van der Waals surface area contributed by atoms with Crippen molar-refractivity contribution in [3.05, 3.63) is 42.2 Å². The lowest BCUT2D eigenvalue weighted by Crippen LogP contribution is -2.18. The van der Waals surface area contributed by atoms with Crippen LogP contribution in [0.4, 0.5) is 5.69 Å². The summed E-state index contributed by atoms with van der Waals surface area (Å²) >= 11 is 1.66. The van der Waals surface area contributed by atoms with Crippen molar-refractivity contribution < 1.29 is 4.79 Å². The molecule has 20 heavy (non-hydrogen) atoms. The zero-order chi connectivity index (χ0) is 14.5. The number of rotatable bonds is 5. The van der Waals surface area contributed by atoms with Crippen LogP contribution in [0.25, 0.3) is 0 Å². The Kier molecular flexibility index (Phi) is 4.84. The maximum atomic E-state index is 12.0. The first-order valence-electron chi connectivity index (χ1n) is 6.54. The highest BCUT2D eigenvalue weighted by molar-refractivity contribution is 7.98. The molecule has 0 aliphatic carbocycles. The molecule has 1 aromatic heterocycles. The van der Waals surface area contributed by atoms with Crippen molar-refractivity contribution in [1.82, 2.24) is 9.78 Å². The number of hydrogen-bond donors (Lipinski definition) is 1. The van der Waals surface area contributed by atoms with Gasteiger partial charge < -0.3 is 5.32 Å². The van der Waals surface area contributed by atoms with Crippen molar-refractivity contribution in [2.75, 3.05) is 11.6 Å². The van der Waals surface area contributed by atoms with Gasteiger partial charge in [-0.15, -0.1) is 11.8 Å². The molecule has 1 aromatic carbocycles. The smallest absolute Gasteiger partial charge is 0.226 e. The number of anilines is 1. The molecular weight excluding hydrogens is 270 g/mol. The molecule has 0 unspecified atom stereocenters. The molecule has 0 aliphatic rings. The quantitative estimate of drug-likeness (QED) is 0.857. The van der Waals surface area contributed by atoms with Gasteiger partial charge in [-0.2, -0.15) is 5.10 Å². The van der Waals surface area contributed by atoms with Crippen LogP contribution in [0.2, 0.25) is 0 Å². The molecule has 0 bridgehead atoms. The molecule has 0 saturated carbocycles. The van der Waals surface area contributed by atoms with E-state index in [1.807, 2.05) is 61.3 Å². The number of nitrogens with one attached hydrogen (secondary N) is 1. The van der Waals surface area contributed by atoms with E-state index >= 15 is 0 Å². The third kappa shape index (κ3) is 3.87. The molecule has 1 N–H and O–H groups in total. The van der Waals surface area contributed by atoms with Crippen LogP contribution >= 0.6 is 11.8 Å². The molecule has 2 aromatic rings. The second kappa shape index (κ2) is 6.61. The van der Waals surface area contributed by atoms with Crippen LogP contribution in [0.1, 0.15) is 25.1 Å². The van der Waals surface area contributed by atoms with Gasteiger partial charge in [-0.05, 0) is 44.4 Å². The van der Waals surface area contributed by atoms with Gasteiger partial charge in [-0.1, -0.05) is 6.07 Å². The van der Waals surface area contributed by atoms with E-state index < -0.39 is 0 Å². The first-order chi connectivity index (χ1) is 9.58. The minimum atomic E-state index is 0.00362. The molecule has 5 heteroatoms. The second-order valence-electron chi connectivity index (χ2n) is 4.77. The monoisotopic (exact) mass is 289 g/mol. The van der Waals surface area contributed by atoms with E-state index in [4.69, 9.17) is 0 Å². The minimum Gasteiger partial charge on any atom is -0.326 e. The van der Waals surface area contributed by atoms with Crippen molar-refractivity contribution in [1.29, 1.82) is 0 Å². The molecule has 1 heterocycles. The van der Waals surface area contributed by atoms with Gasteiger partial charge in [0.2, 0.25) is 5.91 Å². The Hall–Kier alpha value is -1.75. The zero-order valence-electron chi connectivity index (χ0n) is 12.0. The zero-order valence-corrected chi connectivity index (χ0v) is 12.8. The molecule has 1 atom stereocenters. The Bertz CT molecular complexity index is 594. The van der Waals surface area contributed by atoms with Crippen LogP contribution in [0.3, 0.4) is 0 Å². The van der Waals surface area contributed by atoms with Gasteiger partial charge in [-0.3, -0.25) is 9.48 Å². The van der Waals surface area contributed by atoms with Gasteiger partial charge in [0.1, 0.15) is 0 Å². The molecule has 0 saturated heterocycles. The van der Waals surface area contributed by atoms with Gasteiger partial charge >= 0.3 is 0 Å². The summed E-state index contributed by atoms with van der Waals surface area (Å²) in [5.74, 6) is 0.00362. The van der Waals surface area contributed by atoms with Gasteiger partial charge in [-0.25, -0.2) is 0 Å². The lowest BCUT2D eigenvalue weighted by atomic mass is 10.2. The Labute approximate surface area is 123 Å². The maximum Gasteiger partial charge on any atom is 0.226 e. The Morgan fingerprint density at radius 2 is 2.25 bits per heavy atom. The molecule has 0 fully saturated rings. The summed E-state index contributed by atoms with van der Waals surface area (Å²) in [6, 6.07) is 9.84. The summed E-state index contributed by atoms with van der Waals surface area (Å²) < 4.78 is 1.83. The van der Waals surface area contributed by atoms with E-state index in [1.165, 1.54) is 0 Å². The summed E-state index contributed by atoms with van der Waals surface area (Å²) in [5, 5.41) is 7.26. The largest absolute Gasteiger partial charge is 0.326 e. The third-order valence-corrected chi connectivity index (χ3v) is 3.75. The first kappa shape index (κ1) is 14.7. The van der Waals surface area contributed by atoms with Gasteiger partial charge in [0.15, 0.2) is 0 Å². The van der Waals surface area contributed by atoms with Crippen molar-refractivity contribution in [2.24, 2.45) is 0 Å². The highest BCUT2D eigenvalue weighted by Gasteiger charge is 2.11. The maximum absolute atomic E-state index is 12.0. The van der Waals surface area contributed by atoms with Crippen LogP contribution in [-0.2, 0) is 4.79 Å². The third-order valence-electron chi connectivity index (χ3n) is 3.03. The number of aromatic nitrogens is 2. The van der Waals surface area contributed by atoms with Crippen molar-refractivity contribution in [3.63, 3.8) is 0 Å². The van der Waals surface area contributed by atoms with Crippen LogP contribution in [0.5, 0.6) is 0 Å². The van der Waals surface area contributed by atoms with Gasteiger partial charge in [0.25, 0.3) is 0 Å². The fourth-order valence-electron chi connectivity index (χ4n) is 1.95. The standard InChI is InChI=1S/C15H19N3OS/c1-11-7-8-18(17-11)12(2)9-15(19)16-13-5-4-6-14(10-13)20-3/h4-8,10,12H,9H2,1-3H3,(H,16,19)/t12-/m1/s1. The van der Waals surface area contributed by atoms with E-state index in [0.29, 0.717) is 6.42 Å². The van der Waals surface area contributed by atoms with E-state index in [0.717, 1.165) is 16.3 Å². The molecular formula is C15H19N3OS. The Balaban J connectivity index is 1.95. The first-order valence-corrected chi connectivity index (χ1v) is 7.76. The van der Waals surface area contributed by atoms with Gasteiger partial charge in [0, 0.05) is 23.2 Å². The second-order valence-corrected chi connectivity index (χ2v) is 5.65. The van der Waals surface area contributed by atoms with E-state index in [9.17, 15) is 4.79 Å². The number of benzene rings is 1. The number of carbonyl (C=O) groups excluding carboxylic acids is 1. The summed E-state index contributed by atoms with van der Waals surface area (Å²) in [6.07, 6.45) is 4.33. The summed E-state index contributed by atoms with van der Waals surface area (Å²) in [5.41, 5.74) is 1.80. The molecule has 1 amide bonds.